The molecule has 2 rings (SSSR count). The number of thioether (sulfide) groups is 1. The third-order valence-electron chi connectivity index (χ3n) is 2.25. The van der Waals surface area contributed by atoms with Gasteiger partial charge >= 0.3 is 0 Å². The minimum atomic E-state index is 0.457. The lowest BCUT2D eigenvalue weighted by molar-refractivity contribution is 0.812. The van der Waals surface area contributed by atoms with Gasteiger partial charge in [-0.1, -0.05) is 22.9 Å². The van der Waals surface area contributed by atoms with Crippen LogP contribution in [0.3, 0.4) is 0 Å². The van der Waals surface area contributed by atoms with Crippen molar-refractivity contribution < 1.29 is 0 Å². The molecule has 0 spiro atoms. The van der Waals surface area contributed by atoms with Crippen LogP contribution in [0.4, 0.5) is 5.13 Å². The molecular weight excluding hydrogens is 271 g/mol. The highest BCUT2D eigenvalue weighted by atomic mass is 35.5. The van der Waals surface area contributed by atoms with E-state index in [-0.39, 0.29) is 0 Å². The SMILES string of the molecule is ClCc1sc(N2CCCSCC2)nc1Cl. The van der Waals surface area contributed by atoms with Crippen LogP contribution in [0.1, 0.15) is 11.3 Å². The number of halogens is 2. The number of hydrogen-bond acceptors (Lipinski definition) is 4. The molecule has 1 aromatic heterocycles. The fourth-order valence-electron chi connectivity index (χ4n) is 1.48. The summed E-state index contributed by atoms with van der Waals surface area (Å²) in [7, 11) is 0. The molecule has 2 nitrogen and oxygen atoms in total. The van der Waals surface area contributed by atoms with Gasteiger partial charge in [0, 0.05) is 18.8 Å². The zero-order chi connectivity index (χ0) is 10.7. The summed E-state index contributed by atoms with van der Waals surface area (Å²) in [5.41, 5.74) is 0. The van der Waals surface area contributed by atoms with Crippen LogP contribution in [0, 0.1) is 0 Å². The summed E-state index contributed by atoms with van der Waals surface area (Å²) in [6.07, 6.45) is 1.22. The maximum Gasteiger partial charge on any atom is 0.187 e. The molecule has 2 heterocycles. The van der Waals surface area contributed by atoms with E-state index >= 15 is 0 Å². The smallest absolute Gasteiger partial charge is 0.187 e. The number of anilines is 1. The molecule has 84 valence electrons. The molecule has 0 aliphatic carbocycles. The van der Waals surface area contributed by atoms with E-state index in [1.54, 1.807) is 11.3 Å². The van der Waals surface area contributed by atoms with Crippen molar-refractivity contribution in [2.45, 2.75) is 12.3 Å². The normalized spacial score (nSPS) is 17.9. The monoisotopic (exact) mass is 282 g/mol. The fraction of sp³-hybridized carbons (Fsp3) is 0.667. The van der Waals surface area contributed by atoms with E-state index in [2.05, 4.69) is 9.88 Å². The maximum absolute atomic E-state index is 5.99. The summed E-state index contributed by atoms with van der Waals surface area (Å²) >= 11 is 15.4. The number of aromatic nitrogens is 1. The van der Waals surface area contributed by atoms with Gasteiger partial charge < -0.3 is 4.90 Å². The van der Waals surface area contributed by atoms with E-state index in [1.165, 1.54) is 17.9 Å². The van der Waals surface area contributed by atoms with Gasteiger partial charge in [0.1, 0.15) is 5.15 Å². The minimum Gasteiger partial charge on any atom is -0.347 e. The van der Waals surface area contributed by atoms with Crippen LogP contribution < -0.4 is 4.90 Å². The third kappa shape index (κ3) is 2.93. The predicted molar refractivity (Wildman–Crippen MR) is 70.8 cm³/mol. The highest BCUT2D eigenvalue weighted by Crippen LogP contribution is 2.31. The van der Waals surface area contributed by atoms with Gasteiger partial charge in [-0.2, -0.15) is 11.8 Å². The number of rotatable bonds is 2. The molecule has 6 heteroatoms. The van der Waals surface area contributed by atoms with Gasteiger partial charge in [-0.05, 0) is 12.2 Å². The van der Waals surface area contributed by atoms with Crippen molar-refractivity contribution in [1.82, 2.24) is 4.98 Å². The fourth-order valence-corrected chi connectivity index (χ4v) is 3.89. The average molecular weight is 283 g/mol. The molecule has 0 radical (unpaired) electrons. The zero-order valence-corrected chi connectivity index (χ0v) is 11.4. The topological polar surface area (TPSA) is 16.1 Å². The van der Waals surface area contributed by atoms with Crippen LogP contribution in [0.15, 0.2) is 0 Å². The quantitative estimate of drug-likeness (QED) is 0.773. The van der Waals surface area contributed by atoms with Gasteiger partial charge in [0.25, 0.3) is 0 Å². The summed E-state index contributed by atoms with van der Waals surface area (Å²) < 4.78 is 0. The van der Waals surface area contributed by atoms with Crippen molar-refractivity contribution in [3.8, 4) is 0 Å². The first kappa shape index (κ1) is 11.8. The Kier molecular flexibility index (Phi) is 4.43. The Labute approximate surface area is 108 Å². The molecule has 1 aliphatic heterocycles. The first-order valence-corrected chi connectivity index (χ1v) is 7.73. The average Bonchev–Trinajstić information content (AvgIpc) is 2.48. The van der Waals surface area contributed by atoms with Gasteiger partial charge in [0.05, 0.1) is 10.8 Å². The molecule has 0 N–H and O–H groups in total. The lowest BCUT2D eigenvalue weighted by atomic mass is 10.4. The first-order chi connectivity index (χ1) is 7.31. The largest absolute Gasteiger partial charge is 0.347 e. The minimum absolute atomic E-state index is 0.457. The standard InChI is InChI=1S/C9H12Cl2N2S2/c10-6-7-8(11)12-9(15-7)13-2-1-4-14-5-3-13/h1-6H2. The molecule has 0 saturated carbocycles. The third-order valence-corrected chi connectivity index (χ3v) is 5.27. The van der Waals surface area contributed by atoms with Crippen LogP contribution in [0.5, 0.6) is 0 Å². The van der Waals surface area contributed by atoms with Gasteiger partial charge in [0.2, 0.25) is 0 Å². The Morgan fingerprint density at radius 3 is 2.93 bits per heavy atom. The van der Waals surface area contributed by atoms with E-state index in [0.717, 1.165) is 23.1 Å². The number of thiazole rings is 1. The van der Waals surface area contributed by atoms with E-state index in [0.29, 0.717) is 11.0 Å². The Balaban J connectivity index is 2.12. The Bertz CT molecular complexity index is 322. The number of nitrogens with zero attached hydrogens (tertiary/aromatic N) is 2. The lowest BCUT2D eigenvalue weighted by Crippen LogP contribution is -2.25. The van der Waals surface area contributed by atoms with Crippen LogP contribution in [0.25, 0.3) is 0 Å². The second-order valence-corrected chi connectivity index (χ2v) is 6.21. The van der Waals surface area contributed by atoms with Crippen molar-refractivity contribution in [2.24, 2.45) is 0 Å². The zero-order valence-electron chi connectivity index (χ0n) is 8.21. The van der Waals surface area contributed by atoms with Crippen LogP contribution in [-0.4, -0.2) is 29.6 Å². The van der Waals surface area contributed by atoms with Gasteiger partial charge in [-0.3, -0.25) is 0 Å². The lowest BCUT2D eigenvalue weighted by Gasteiger charge is -2.17. The van der Waals surface area contributed by atoms with E-state index in [9.17, 15) is 0 Å². The van der Waals surface area contributed by atoms with Crippen molar-refractivity contribution in [2.75, 3.05) is 29.5 Å². The van der Waals surface area contributed by atoms with Crippen molar-refractivity contribution in [1.29, 1.82) is 0 Å². The molecule has 15 heavy (non-hydrogen) atoms. The maximum atomic E-state index is 5.99. The van der Waals surface area contributed by atoms with Crippen molar-refractivity contribution >= 4 is 51.4 Å². The van der Waals surface area contributed by atoms with Gasteiger partial charge in [-0.25, -0.2) is 4.98 Å². The second kappa shape index (κ2) is 5.62. The molecule has 0 unspecified atom stereocenters. The number of hydrogen-bond donors (Lipinski definition) is 0. The first-order valence-electron chi connectivity index (χ1n) is 4.85. The Morgan fingerprint density at radius 1 is 1.33 bits per heavy atom. The predicted octanol–water partition coefficient (Wildman–Crippen LogP) is 3.48. The van der Waals surface area contributed by atoms with Crippen LogP contribution >= 0.6 is 46.3 Å². The number of alkyl halides is 1. The molecule has 0 bridgehead atoms. The van der Waals surface area contributed by atoms with E-state index in [1.807, 2.05) is 11.8 Å². The molecule has 1 aliphatic rings. The Hall–Kier alpha value is 0.360. The summed E-state index contributed by atoms with van der Waals surface area (Å²) in [6.45, 7) is 2.15. The van der Waals surface area contributed by atoms with E-state index < -0.39 is 0 Å². The van der Waals surface area contributed by atoms with E-state index in [4.69, 9.17) is 23.2 Å². The van der Waals surface area contributed by atoms with Gasteiger partial charge in [0.15, 0.2) is 5.13 Å². The summed E-state index contributed by atoms with van der Waals surface area (Å²) in [5.74, 6) is 2.88. The van der Waals surface area contributed by atoms with Crippen LogP contribution in [0.2, 0.25) is 5.15 Å². The molecule has 0 atom stereocenters. The van der Waals surface area contributed by atoms with Gasteiger partial charge in [-0.15, -0.1) is 11.6 Å². The highest BCUT2D eigenvalue weighted by molar-refractivity contribution is 7.99. The summed E-state index contributed by atoms with van der Waals surface area (Å²) in [4.78, 5) is 7.65. The Morgan fingerprint density at radius 2 is 2.20 bits per heavy atom. The molecule has 0 aromatic carbocycles. The van der Waals surface area contributed by atoms with Crippen LogP contribution in [-0.2, 0) is 5.88 Å². The molecule has 0 amide bonds. The van der Waals surface area contributed by atoms with Crippen molar-refractivity contribution in [3.63, 3.8) is 0 Å². The molecular formula is C9H12Cl2N2S2. The summed E-state index contributed by atoms with van der Waals surface area (Å²) in [6, 6.07) is 0. The molecule has 1 saturated heterocycles. The van der Waals surface area contributed by atoms with Crippen molar-refractivity contribution in [3.05, 3.63) is 10.0 Å². The highest BCUT2D eigenvalue weighted by Gasteiger charge is 2.16. The second-order valence-electron chi connectivity index (χ2n) is 3.30. The molecule has 1 aromatic rings. The molecule has 1 fully saturated rings. The summed E-state index contributed by atoms with van der Waals surface area (Å²) in [5, 5.41) is 1.60.